The monoisotopic (exact) mass is 490 g/mol. The van der Waals surface area contributed by atoms with Gasteiger partial charge in [-0.25, -0.2) is 16.8 Å². The molecule has 1 aliphatic carbocycles. The van der Waals surface area contributed by atoms with Gasteiger partial charge in [-0.1, -0.05) is 48.7 Å². The summed E-state index contributed by atoms with van der Waals surface area (Å²) in [4.78, 5) is 15.5. The van der Waals surface area contributed by atoms with Crippen molar-refractivity contribution in [3.8, 4) is 0 Å². The Hall–Kier alpha value is -2.39. The Kier molecular flexibility index (Phi) is 6.81. The zero-order valence-corrected chi connectivity index (χ0v) is 20.4. The van der Waals surface area contributed by atoms with E-state index in [-0.39, 0.29) is 34.9 Å². The molecule has 1 saturated carbocycles. The highest BCUT2D eigenvalue weighted by atomic mass is 32.2. The number of nitrogens with zero attached hydrogens (tertiary/aromatic N) is 2. The van der Waals surface area contributed by atoms with E-state index in [1.807, 2.05) is 19.1 Å². The highest BCUT2D eigenvalue weighted by Gasteiger charge is 2.40. The van der Waals surface area contributed by atoms with Crippen LogP contribution in [0.2, 0.25) is 0 Å². The molecule has 1 aliphatic heterocycles. The molecule has 4 rings (SSSR count). The van der Waals surface area contributed by atoms with Crippen molar-refractivity contribution < 1.29 is 21.6 Å². The Morgan fingerprint density at radius 2 is 1.58 bits per heavy atom. The lowest BCUT2D eigenvalue weighted by molar-refractivity contribution is -0.133. The van der Waals surface area contributed by atoms with E-state index in [0.717, 1.165) is 35.6 Å². The van der Waals surface area contributed by atoms with Crippen molar-refractivity contribution >= 4 is 31.5 Å². The summed E-state index contributed by atoms with van der Waals surface area (Å²) in [5.41, 5.74) is 1.38. The van der Waals surface area contributed by atoms with Crippen molar-refractivity contribution in [1.29, 1.82) is 0 Å². The fourth-order valence-electron chi connectivity index (χ4n) is 4.83. The van der Waals surface area contributed by atoms with Gasteiger partial charge in [0.25, 0.3) is 10.0 Å². The molecular formula is C24H30N2O5S2. The number of sulfone groups is 1. The second kappa shape index (κ2) is 9.46. The molecule has 0 radical (unpaired) electrons. The van der Waals surface area contributed by atoms with Crippen molar-refractivity contribution in [3.63, 3.8) is 0 Å². The molecule has 0 bridgehead atoms. The third-order valence-corrected chi connectivity index (χ3v) is 10.1. The molecule has 1 saturated heterocycles. The summed E-state index contributed by atoms with van der Waals surface area (Å²) in [6.45, 7) is 1.54. The first-order valence-corrected chi connectivity index (χ1v) is 14.6. The van der Waals surface area contributed by atoms with E-state index >= 15 is 0 Å². The SMILES string of the molecule is Cc1ccc(N(CC(=O)N(C2CCCC2)C2CCS(=O)(=O)C2)S(=O)(=O)c2ccccc2)cc1. The van der Waals surface area contributed by atoms with Crippen LogP contribution in [0.1, 0.15) is 37.7 Å². The van der Waals surface area contributed by atoms with Crippen molar-refractivity contribution in [2.24, 2.45) is 0 Å². The molecule has 7 nitrogen and oxygen atoms in total. The van der Waals surface area contributed by atoms with Gasteiger partial charge < -0.3 is 4.90 Å². The molecule has 2 aliphatic rings. The van der Waals surface area contributed by atoms with Gasteiger partial charge in [0.2, 0.25) is 5.91 Å². The van der Waals surface area contributed by atoms with Gasteiger partial charge in [0.15, 0.2) is 9.84 Å². The number of carbonyl (C=O) groups is 1. The third kappa shape index (κ3) is 5.24. The van der Waals surface area contributed by atoms with Crippen LogP contribution in [-0.4, -0.2) is 57.8 Å². The van der Waals surface area contributed by atoms with E-state index in [0.29, 0.717) is 12.1 Å². The number of aryl methyl sites for hydroxylation is 1. The highest BCUT2D eigenvalue weighted by molar-refractivity contribution is 7.93. The van der Waals surface area contributed by atoms with E-state index < -0.39 is 25.9 Å². The van der Waals surface area contributed by atoms with Crippen LogP contribution in [0.25, 0.3) is 0 Å². The van der Waals surface area contributed by atoms with E-state index in [4.69, 9.17) is 0 Å². The summed E-state index contributed by atoms with van der Waals surface area (Å²) in [5.74, 6) is -0.326. The van der Waals surface area contributed by atoms with Crippen LogP contribution in [0.15, 0.2) is 59.5 Å². The minimum absolute atomic E-state index is 0.0462. The maximum atomic E-state index is 13.7. The lowest BCUT2D eigenvalue weighted by Gasteiger charge is -2.36. The number of carbonyl (C=O) groups excluding carboxylic acids is 1. The van der Waals surface area contributed by atoms with E-state index in [9.17, 15) is 21.6 Å². The molecule has 1 amide bonds. The van der Waals surface area contributed by atoms with Crippen LogP contribution in [0, 0.1) is 6.92 Å². The molecule has 2 aromatic rings. The van der Waals surface area contributed by atoms with Crippen LogP contribution in [-0.2, 0) is 24.7 Å². The lowest BCUT2D eigenvalue weighted by atomic mass is 10.1. The first kappa shape index (κ1) is 23.8. The summed E-state index contributed by atoms with van der Waals surface area (Å²) >= 11 is 0. The molecule has 2 fully saturated rings. The first-order chi connectivity index (χ1) is 15.7. The normalized spacial score (nSPS) is 20.6. The maximum Gasteiger partial charge on any atom is 0.264 e. The van der Waals surface area contributed by atoms with E-state index in [1.54, 1.807) is 35.2 Å². The van der Waals surface area contributed by atoms with Crippen LogP contribution >= 0.6 is 0 Å². The Labute approximate surface area is 196 Å². The van der Waals surface area contributed by atoms with E-state index in [2.05, 4.69) is 0 Å². The van der Waals surface area contributed by atoms with Crippen LogP contribution < -0.4 is 4.31 Å². The van der Waals surface area contributed by atoms with Gasteiger partial charge >= 0.3 is 0 Å². The van der Waals surface area contributed by atoms with Gasteiger partial charge in [0.1, 0.15) is 6.54 Å². The molecule has 0 N–H and O–H groups in total. The van der Waals surface area contributed by atoms with Gasteiger partial charge in [0, 0.05) is 12.1 Å². The van der Waals surface area contributed by atoms with Gasteiger partial charge in [-0.15, -0.1) is 0 Å². The molecule has 1 atom stereocenters. The fourth-order valence-corrected chi connectivity index (χ4v) is 7.98. The predicted octanol–water partition coefficient (Wildman–Crippen LogP) is 3.15. The second-order valence-corrected chi connectivity index (χ2v) is 13.0. The van der Waals surface area contributed by atoms with Gasteiger partial charge in [0.05, 0.1) is 22.1 Å². The molecule has 1 heterocycles. The van der Waals surface area contributed by atoms with Gasteiger partial charge in [-0.05, 0) is 50.5 Å². The summed E-state index contributed by atoms with van der Waals surface area (Å²) in [5, 5.41) is 0. The van der Waals surface area contributed by atoms with Crippen LogP contribution in [0.3, 0.4) is 0 Å². The second-order valence-electron chi connectivity index (χ2n) is 8.96. The number of hydrogen-bond acceptors (Lipinski definition) is 5. The number of anilines is 1. The molecule has 178 valence electrons. The number of rotatable bonds is 7. The maximum absolute atomic E-state index is 13.7. The van der Waals surface area contributed by atoms with Crippen LogP contribution in [0.4, 0.5) is 5.69 Å². The zero-order chi connectivity index (χ0) is 23.6. The average Bonchev–Trinajstić information content (AvgIpc) is 3.43. The Morgan fingerprint density at radius 1 is 0.939 bits per heavy atom. The van der Waals surface area contributed by atoms with Crippen molar-refractivity contribution in [1.82, 2.24) is 4.90 Å². The molecule has 9 heteroatoms. The number of benzene rings is 2. The Bertz CT molecular complexity index is 1190. The largest absolute Gasteiger partial charge is 0.334 e. The molecule has 2 aromatic carbocycles. The minimum atomic E-state index is -4.00. The quantitative estimate of drug-likeness (QED) is 0.595. The Morgan fingerprint density at radius 3 is 2.15 bits per heavy atom. The van der Waals surface area contributed by atoms with Crippen molar-refractivity contribution in [3.05, 3.63) is 60.2 Å². The summed E-state index contributed by atoms with van der Waals surface area (Å²) in [6.07, 6.45) is 4.01. The molecule has 0 spiro atoms. The van der Waals surface area contributed by atoms with Crippen molar-refractivity contribution in [2.75, 3.05) is 22.4 Å². The predicted molar refractivity (Wildman–Crippen MR) is 128 cm³/mol. The standard InChI is InChI=1S/C24H30N2O5S2/c1-19-11-13-20(14-12-19)25(33(30,31)23-9-3-2-4-10-23)17-24(27)26(21-7-5-6-8-21)22-15-16-32(28,29)18-22/h2-4,9-14,21-22H,5-8,15-18H2,1H3. The number of hydrogen-bond donors (Lipinski definition) is 0. The number of sulfonamides is 1. The third-order valence-electron chi connectivity index (χ3n) is 6.54. The highest BCUT2D eigenvalue weighted by Crippen LogP contribution is 2.31. The molecular weight excluding hydrogens is 460 g/mol. The smallest absolute Gasteiger partial charge is 0.264 e. The van der Waals surface area contributed by atoms with Crippen LogP contribution in [0.5, 0.6) is 0 Å². The minimum Gasteiger partial charge on any atom is -0.334 e. The summed E-state index contributed by atoms with van der Waals surface area (Å²) in [6, 6.07) is 14.6. The van der Waals surface area contributed by atoms with Gasteiger partial charge in [-0.3, -0.25) is 9.10 Å². The topological polar surface area (TPSA) is 91.8 Å². The van der Waals surface area contributed by atoms with Crippen molar-refractivity contribution in [2.45, 2.75) is 56.0 Å². The summed E-state index contributed by atoms with van der Waals surface area (Å²) in [7, 11) is -7.18. The van der Waals surface area contributed by atoms with Gasteiger partial charge in [-0.2, -0.15) is 0 Å². The number of amides is 1. The fraction of sp³-hybridized carbons (Fsp3) is 0.458. The Balaban J connectivity index is 1.69. The average molecular weight is 491 g/mol. The zero-order valence-electron chi connectivity index (χ0n) is 18.8. The lowest BCUT2D eigenvalue weighted by Crippen LogP contribution is -2.51. The first-order valence-electron chi connectivity index (χ1n) is 11.3. The van der Waals surface area contributed by atoms with E-state index in [1.165, 1.54) is 12.1 Å². The molecule has 1 unspecified atom stereocenters. The molecule has 33 heavy (non-hydrogen) atoms. The molecule has 0 aromatic heterocycles. The summed E-state index contributed by atoms with van der Waals surface area (Å²) < 4.78 is 52.6.